The maximum Gasteiger partial charge on any atom is 0.338 e. The number of nitrogens with zero attached hydrogens (tertiary/aromatic N) is 1. The summed E-state index contributed by atoms with van der Waals surface area (Å²) in [6.07, 6.45) is 0. The number of hydrogen-bond donors (Lipinski definition) is 0. The van der Waals surface area contributed by atoms with Gasteiger partial charge in [0.15, 0.2) is 12.4 Å². The molecule has 0 unspecified atom stereocenters. The predicted molar refractivity (Wildman–Crippen MR) is 109 cm³/mol. The van der Waals surface area contributed by atoms with Crippen molar-refractivity contribution in [3.63, 3.8) is 0 Å². The summed E-state index contributed by atoms with van der Waals surface area (Å²) in [5.74, 6) is -1.99. The fourth-order valence-corrected chi connectivity index (χ4v) is 3.03. The van der Waals surface area contributed by atoms with Crippen molar-refractivity contribution in [2.75, 3.05) is 11.5 Å². The van der Waals surface area contributed by atoms with Gasteiger partial charge in [0.2, 0.25) is 0 Å². The Balaban J connectivity index is 1.87. The van der Waals surface area contributed by atoms with Gasteiger partial charge in [-0.1, -0.05) is 38.4 Å². The van der Waals surface area contributed by atoms with Crippen molar-refractivity contribution in [3.05, 3.63) is 63.7 Å². The first kappa shape index (κ1) is 20.7. The van der Waals surface area contributed by atoms with E-state index in [2.05, 4.69) is 0 Å². The number of esters is 1. The summed E-state index contributed by atoms with van der Waals surface area (Å²) in [4.78, 5) is 51.0. The number of hydrogen-bond acceptors (Lipinski definition) is 5. The third kappa shape index (κ3) is 3.80. The van der Waals surface area contributed by atoms with Crippen molar-refractivity contribution in [1.29, 1.82) is 0 Å². The summed E-state index contributed by atoms with van der Waals surface area (Å²) in [6.45, 7) is 6.55. The number of amides is 2. The predicted octanol–water partition coefficient (Wildman–Crippen LogP) is 4.22. The smallest absolute Gasteiger partial charge is 0.338 e. The van der Waals surface area contributed by atoms with Crippen LogP contribution in [0.5, 0.6) is 0 Å². The number of ether oxygens (including phenoxy) is 1. The minimum absolute atomic E-state index is 0.0938. The van der Waals surface area contributed by atoms with Crippen LogP contribution in [0, 0.1) is 12.3 Å². The lowest BCUT2D eigenvalue weighted by atomic mass is 9.91. The number of carbonyl (C=O) groups excluding carboxylic acids is 4. The maximum atomic E-state index is 12.9. The van der Waals surface area contributed by atoms with Gasteiger partial charge in [-0.25, -0.2) is 9.69 Å². The van der Waals surface area contributed by atoms with Crippen molar-refractivity contribution in [2.24, 2.45) is 5.41 Å². The third-order valence-corrected chi connectivity index (χ3v) is 5.18. The Morgan fingerprint density at radius 3 is 2.34 bits per heavy atom. The summed E-state index contributed by atoms with van der Waals surface area (Å²) in [5, 5.41) is 0.437. The van der Waals surface area contributed by atoms with Gasteiger partial charge in [-0.05, 0) is 42.8 Å². The zero-order valence-corrected chi connectivity index (χ0v) is 17.3. The van der Waals surface area contributed by atoms with E-state index >= 15 is 0 Å². The second kappa shape index (κ2) is 7.44. The first-order valence-corrected chi connectivity index (χ1v) is 9.38. The average Bonchev–Trinajstić information content (AvgIpc) is 2.91. The SMILES string of the molecule is Cc1c(Cl)cccc1N1C(=O)c2ccc(C(=O)OCC(=O)C(C)(C)C)cc2C1=O. The molecule has 3 rings (SSSR count). The second-order valence-electron chi connectivity index (χ2n) is 7.84. The van der Waals surface area contributed by atoms with Crippen LogP contribution >= 0.6 is 11.6 Å². The van der Waals surface area contributed by atoms with E-state index in [0.717, 1.165) is 4.90 Å². The van der Waals surface area contributed by atoms with Crippen LogP contribution in [-0.4, -0.2) is 30.2 Å². The van der Waals surface area contributed by atoms with Crippen molar-refractivity contribution in [3.8, 4) is 0 Å². The molecule has 2 aromatic rings. The lowest BCUT2D eigenvalue weighted by Crippen LogP contribution is -2.30. The average molecular weight is 414 g/mol. The van der Waals surface area contributed by atoms with Gasteiger partial charge in [0.1, 0.15) is 0 Å². The van der Waals surface area contributed by atoms with E-state index < -0.39 is 23.2 Å². The summed E-state index contributed by atoms with van der Waals surface area (Å²) in [6, 6.07) is 9.10. The molecular weight excluding hydrogens is 394 g/mol. The number of imide groups is 1. The Morgan fingerprint density at radius 2 is 1.69 bits per heavy atom. The van der Waals surface area contributed by atoms with Crippen LogP contribution in [0.3, 0.4) is 0 Å². The highest BCUT2D eigenvalue weighted by molar-refractivity contribution is 6.36. The quantitative estimate of drug-likeness (QED) is 0.553. The highest BCUT2D eigenvalue weighted by atomic mass is 35.5. The molecule has 1 heterocycles. The molecule has 0 saturated heterocycles. The van der Waals surface area contributed by atoms with Crippen molar-refractivity contribution in [1.82, 2.24) is 0 Å². The van der Waals surface area contributed by atoms with Gasteiger partial charge < -0.3 is 4.74 Å². The highest BCUT2D eigenvalue weighted by Gasteiger charge is 2.38. The minimum atomic E-state index is -0.733. The zero-order valence-electron chi connectivity index (χ0n) is 16.5. The maximum absolute atomic E-state index is 12.9. The van der Waals surface area contributed by atoms with E-state index in [9.17, 15) is 19.2 Å². The molecule has 0 N–H and O–H groups in total. The van der Waals surface area contributed by atoms with Gasteiger partial charge in [0.25, 0.3) is 11.8 Å². The van der Waals surface area contributed by atoms with Gasteiger partial charge in [-0.3, -0.25) is 14.4 Å². The largest absolute Gasteiger partial charge is 0.454 e. The molecule has 0 radical (unpaired) electrons. The lowest BCUT2D eigenvalue weighted by Gasteiger charge is -2.17. The third-order valence-electron chi connectivity index (χ3n) is 4.77. The molecular formula is C22H20ClNO5. The second-order valence-corrected chi connectivity index (χ2v) is 8.25. The molecule has 7 heteroatoms. The van der Waals surface area contributed by atoms with Crippen molar-refractivity contribution in [2.45, 2.75) is 27.7 Å². The molecule has 2 aromatic carbocycles. The van der Waals surface area contributed by atoms with E-state index in [1.165, 1.54) is 18.2 Å². The number of halogens is 1. The van der Waals surface area contributed by atoms with E-state index in [0.29, 0.717) is 16.3 Å². The van der Waals surface area contributed by atoms with Crippen LogP contribution in [0.4, 0.5) is 5.69 Å². The van der Waals surface area contributed by atoms with Crippen molar-refractivity contribution < 1.29 is 23.9 Å². The van der Waals surface area contributed by atoms with E-state index in [1.54, 1.807) is 45.9 Å². The number of fused-ring (bicyclic) bond motifs is 1. The number of carbonyl (C=O) groups is 4. The topological polar surface area (TPSA) is 80.8 Å². The summed E-state index contributed by atoms with van der Waals surface area (Å²) in [7, 11) is 0. The lowest BCUT2D eigenvalue weighted by molar-refractivity contribution is -0.129. The van der Waals surface area contributed by atoms with Gasteiger partial charge >= 0.3 is 5.97 Å². The molecule has 0 saturated carbocycles. The summed E-state index contributed by atoms with van der Waals surface area (Å²) < 4.78 is 5.07. The fraction of sp³-hybridized carbons (Fsp3) is 0.273. The van der Waals surface area contributed by atoms with Gasteiger partial charge in [-0.15, -0.1) is 0 Å². The number of rotatable bonds is 4. The normalized spacial score (nSPS) is 13.5. The Hall–Kier alpha value is -2.99. The highest BCUT2D eigenvalue weighted by Crippen LogP contribution is 2.33. The molecule has 0 atom stereocenters. The number of Topliss-reactive ketones (excluding diaryl/α,β-unsaturated/α-hetero) is 1. The fourth-order valence-electron chi connectivity index (χ4n) is 2.86. The summed E-state index contributed by atoms with van der Waals surface area (Å²) >= 11 is 6.12. The van der Waals surface area contributed by atoms with Crippen LogP contribution in [0.15, 0.2) is 36.4 Å². The Labute approximate surface area is 173 Å². The molecule has 0 fully saturated rings. The van der Waals surface area contributed by atoms with Gasteiger partial charge in [0.05, 0.1) is 22.4 Å². The molecule has 0 aromatic heterocycles. The van der Waals surface area contributed by atoms with Gasteiger partial charge in [0, 0.05) is 10.4 Å². The number of ketones is 1. The Morgan fingerprint density at radius 1 is 1.03 bits per heavy atom. The molecule has 1 aliphatic heterocycles. The van der Waals surface area contributed by atoms with Gasteiger partial charge in [-0.2, -0.15) is 0 Å². The summed E-state index contributed by atoms with van der Waals surface area (Å²) in [5.41, 5.74) is 0.752. The van der Waals surface area contributed by atoms with Crippen molar-refractivity contribution >= 4 is 40.9 Å². The molecule has 0 spiro atoms. The molecule has 2 amide bonds. The molecule has 150 valence electrons. The Bertz CT molecular complexity index is 1050. The first-order chi connectivity index (χ1) is 13.5. The van der Waals surface area contributed by atoms with E-state index in [4.69, 9.17) is 16.3 Å². The molecule has 1 aliphatic rings. The molecule has 6 nitrogen and oxygen atoms in total. The standard InChI is InChI=1S/C22H20ClNO5/c1-12-16(23)6-5-7-17(12)24-19(26)14-9-8-13(10-15(14)20(24)27)21(28)29-11-18(25)22(2,3)4/h5-10H,11H2,1-4H3. The monoisotopic (exact) mass is 413 g/mol. The van der Waals surface area contributed by atoms with Crippen LogP contribution in [-0.2, 0) is 9.53 Å². The van der Waals surface area contributed by atoms with E-state index in [-0.39, 0.29) is 29.1 Å². The number of benzene rings is 2. The molecule has 29 heavy (non-hydrogen) atoms. The van der Waals surface area contributed by atoms with E-state index in [1.807, 2.05) is 0 Å². The van der Waals surface area contributed by atoms with Crippen LogP contribution in [0.2, 0.25) is 5.02 Å². The molecule has 0 aliphatic carbocycles. The van der Waals surface area contributed by atoms with Crippen LogP contribution < -0.4 is 4.90 Å². The minimum Gasteiger partial charge on any atom is -0.454 e. The van der Waals surface area contributed by atoms with Crippen LogP contribution in [0.1, 0.15) is 57.4 Å². The number of anilines is 1. The first-order valence-electron chi connectivity index (χ1n) is 9.00. The Kier molecular flexibility index (Phi) is 5.32. The van der Waals surface area contributed by atoms with Crippen LogP contribution in [0.25, 0.3) is 0 Å². The zero-order chi connectivity index (χ0) is 21.5. The molecule has 0 bridgehead atoms.